The van der Waals surface area contributed by atoms with E-state index in [0.717, 1.165) is 42.4 Å². The highest BCUT2D eigenvalue weighted by atomic mass is 32.1. The van der Waals surface area contributed by atoms with Gasteiger partial charge in [0.15, 0.2) is 0 Å². The van der Waals surface area contributed by atoms with E-state index in [0.29, 0.717) is 5.92 Å². The van der Waals surface area contributed by atoms with Crippen molar-refractivity contribution in [3.05, 3.63) is 5.82 Å². The first-order chi connectivity index (χ1) is 8.50. The van der Waals surface area contributed by atoms with Gasteiger partial charge in [-0.25, -0.2) is 4.98 Å². The number of hydrogen-bond donors (Lipinski definition) is 1. The number of nitrogens with one attached hydrogen (secondary N) is 1. The van der Waals surface area contributed by atoms with Crippen LogP contribution in [0.4, 0.5) is 5.13 Å². The van der Waals surface area contributed by atoms with Gasteiger partial charge < -0.3 is 10.2 Å². The number of rotatable bonds is 2. The molecule has 2 aliphatic heterocycles. The lowest BCUT2D eigenvalue weighted by molar-refractivity contribution is 0.357. The number of aromatic nitrogens is 2. The summed E-state index contributed by atoms with van der Waals surface area (Å²) in [4.78, 5) is 7.21. The minimum Gasteiger partial charge on any atom is -0.341 e. The summed E-state index contributed by atoms with van der Waals surface area (Å²) in [6.07, 6.45) is 0. The van der Waals surface area contributed by atoms with Crippen molar-refractivity contribution in [3.8, 4) is 0 Å². The molecule has 1 aromatic heterocycles. The van der Waals surface area contributed by atoms with Gasteiger partial charge in [-0.05, 0) is 25.7 Å². The highest BCUT2D eigenvalue weighted by Crippen LogP contribution is 2.43. The third-order valence-electron chi connectivity index (χ3n) is 4.54. The van der Waals surface area contributed by atoms with E-state index in [9.17, 15) is 0 Å². The maximum absolute atomic E-state index is 4.73. The molecule has 1 N–H and O–H groups in total. The fourth-order valence-electron chi connectivity index (χ4n) is 3.32. The van der Waals surface area contributed by atoms with Crippen molar-refractivity contribution in [2.75, 3.05) is 24.5 Å². The van der Waals surface area contributed by atoms with E-state index in [-0.39, 0.29) is 5.54 Å². The second-order valence-electron chi connectivity index (χ2n) is 6.38. The van der Waals surface area contributed by atoms with Crippen LogP contribution in [0, 0.1) is 11.8 Å². The van der Waals surface area contributed by atoms with Crippen LogP contribution in [-0.2, 0) is 0 Å². The molecule has 0 radical (unpaired) electrons. The Morgan fingerprint density at radius 3 is 2.78 bits per heavy atom. The second-order valence-corrected chi connectivity index (χ2v) is 7.11. The van der Waals surface area contributed by atoms with Crippen LogP contribution in [0.25, 0.3) is 0 Å². The molecule has 0 aliphatic carbocycles. The van der Waals surface area contributed by atoms with E-state index >= 15 is 0 Å². The molecule has 18 heavy (non-hydrogen) atoms. The summed E-state index contributed by atoms with van der Waals surface area (Å²) in [5.41, 5.74) is 0.196. The van der Waals surface area contributed by atoms with Crippen molar-refractivity contribution in [1.29, 1.82) is 0 Å². The molecule has 0 saturated carbocycles. The molecular weight excluding hydrogens is 244 g/mol. The first kappa shape index (κ1) is 12.4. The van der Waals surface area contributed by atoms with Gasteiger partial charge >= 0.3 is 0 Å². The van der Waals surface area contributed by atoms with E-state index in [1.54, 1.807) is 11.5 Å². The molecule has 5 heteroatoms. The summed E-state index contributed by atoms with van der Waals surface area (Å²) in [5, 5.41) is 4.63. The number of nitrogens with zero attached hydrogens (tertiary/aromatic N) is 3. The third-order valence-corrected chi connectivity index (χ3v) is 5.29. The molecule has 0 aromatic carbocycles. The molecule has 4 nitrogen and oxygen atoms in total. The van der Waals surface area contributed by atoms with E-state index in [1.807, 2.05) is 0 Å². The smallest absolute Gasteiger partial charge is 0.205 e. The largest absolute Gasteiger partial charge is 0.341 e. The van der Waals surface area contributed by atoms with Gasteiger partial charge in [-0.15, -0.1) is 0 Å². The first-order valence-electron chi connectivity index (χ1n) is 6.82. The molecule has 2 unspecified atom stereocenters. The fraction of sp³-hybridized carbons (Fsp3) is 0.846. The highest BCUT2D eigenvalue weighted by molar-refractivity contribution is 7.09. The lowest BCUT2D eigenvalue weighted by Gasteiger charge is -2.35. The molecule has 1 aromatic rings. The minimum atomic E-state index is 0.196. The van der Waals surface area contributed by atoms with Crippen LogP contribution in [0.3, 0.4) is 0 Å². The Labute approximate surface area is 113 Å². The van der Waals surface area contributed by atoms with Crippen LogP contribution < -0.4 is 10.2 Å². The van der Waals surface area contributed by atoms with Gasteiger partial charge in [-0.2, -0.15) is 4.37 Å². The van der Waals surface area contributed by atoms with Crippen LogP contribution in [0.1, 0.15) is 39.4 Å². The van der Waals surface area contributed by atoms with Crippen LogP contribution in [0.15, 0.2) is 0 Å². The van der Waals surface area contributed by atoms with Crippen LogP contribution >= 0.6 is 11.5 Å². The molecule has 3 rings (SSSR count). The highest BCUT2D eigenvalue weighted by Gasteiger charge is 2.50. The molecule has 2 aliphatic rings. The quantitative estimate of drug-likeness (QED) is 0.890. The van der Waals surface area contributed by atoms with Gasteiger partial charge in [0.25, 0.3) is 0 Å². The van der Waals surface area contributed by atoms with E-state index in [1.165, 1.54) is 0 Å². The van der Waals surface area contributed by atoms with Crippen molar-refractivity contribution in [2.24, 2.45) is 11.8 Å². The number of fused-ring (bicyclic) bond motifs is 1. The zero-order valence-corrected chi connectivity index (χ0v) is 12.4. The molecule has 0 bridgehead atoms. The Bertz CT molecular complexity index is 440. The minimum absolute atomic E-state index is 0.196. The molecular formula is C13H22N4S. The Morgan fingerprint density at radius 2 is 2.17 bits per heavy atom. The average molecular weight is 266 g/mol. The summed E-state index contributed by atoms with van der Waals surface area (Å²) < 4.78 is 4.49. The average Bonchev–Trinajstić information content (AvgIpc) is 2.96. The van der Waals surface area contributed by atoms with E-state index in [2.05, 4.69) is 42.3 Å². The maximum atomic E-state index is 4.73. The summed E-state index contributed by atoms with van der Waals surface area (Å²) in [6, 6.07) is 0. The zero-order valence-electron chi connectivity index (χ0n) is 11.6. The van der Waals surface area contributed by atoms with Crippen molar-refractivity contribution in [1.82, 2.24) is 14.7 Å². The van der Waals surface area contributed by atoms with Crippen LogP contribution in [0.2, 0.25) is 0 Å². The summed E-state index contributed by atoms with van der Waals surface area (Å²) >= 11 is 1.56. The topological polar surface area (TPSA) is 41.1 Å². The SMILES string of the molecule is CC(C)c1nsc(N2CC3CNCC3C2(C)C)n1. The Kier molecular flexibility index (Phi) is 2.86. The van der Waals surface area contributed by atoms with Crippen molar-refractivity contribution in [3.63, 3.8) is 0 Å². The zero-order chi connectivity index (χ0) is 12.9. The lowest BCUT2D eigenvalue weighted by Crippen LogP contribution is -2.44. The molecule has 2 atom stereocenters. The predicted octanol–water partition coefficient (Wildman–Crippen LogP) is 2.10. The van der Waals surface area contributed by atoms with Crippen molar-refractivity contribution < 1.29 is 0 Å². The number of hydrogen-bond acceptors (Lipinski definition) is 5. The molecule has 2 saturated heterocycles. The van der Waals surface area contributed by atoms with E-state index < -0.39 is 0 Å². The molecule has 0 amide bonds. The number of anilines is 1. The Balaban J connectivity index is 1.88. The van der Waals surface area contributed by atoms with Gasteiger partial charge in [0, 0.05) is 42.6 Å². The van der Waals surface area contributed by atoms with Gasteiger partial charge in [0.05, 0.1) is 0 Å². The lowest BCUT2D eigenvalue weighted by atomic mass is 9.85. The second kappa shape index (κ2) is 4.17. The standard InChI is InChI=1S/C13H22N4S/c1-8(2)11-15-12(18-16-11)17-7-9-5-14-6-10(9)13(17,3)4/h8-10,14H,5-7H2,1-4H3. The van der Waals surface area contributed by atoms with Crippen molar-refractivity contribution in [2.45, 2.75) is 39.2 Å². The van der Waals surface area contributed by atoms with Gasteiger partial charge in [0.1, 0.15) is 5.82 Å². The monoisotopic (exact) mass is 266 g/mol. The summed E-state index contributed by atoms with van der Waals surface area (Å²) in [5.74, 6) is 2.91. The summed E-state index contributed by atoms with van der Waals surface area (Å²) in [6.45, 7) is 12.4. The van der Waals surface area contributed by atoms with Crippen molar-refractivity contribution >= 4 is 16.7 Å². The first-order valence-corrected chi connectivity index (χ1v) is 7.59. The Morgan fingerprint density at radius 1 is 1.39 bits per heavy atom. The van der Waals surface area contributed by atoms with Gasteiger partial charge in [0.2, 0.25) is 5.13 Å². The Hall–Kier alpha value is -0.680. The fourth-order valence-corrected chi connectivity index (χ4v) is 4.29. The van der Waals surface area contributed by atoms with E-state index in [4.69, 9.17) is 4.98 Å². The molecule has 2 fully saturated rings. The predicted molar refractivity (Wildman–Crippen MR) is 75.3 cm³/mol. The van der Waals surface area contributed by atoms with Gasteiger partial charge in [-0.3, -0.25) is 0 Å². The summed E-state index contributed by atoms with van der Waals surface area (Å²) in [7, 11) is 0. The normalized spacial score (nSPS) is 30.2. The van der Waals surface area contributed by atoms with Crippen LogP contribution in [0.5, 0.6) is 0 Å². The molecule has 3 heterocycles. The van der Waals surface area contributed by atoms with Gasteiger partial charge in [-0.1, -0.05) is 13.8 Å². The maximum Gasteiger partial charge on any atom is 0.205 e. The molecule has 100 valence electrons. The molecule has 0 spiro atoms. The third kappa shape index (κ3) is 1.75. The van der Waals surface area contributed by atoms with Crippen LogP contribution in [-0.4, -0.2) is 34.5 Å².